The highest BCUT2D eigenvalue weighted by Crippen LogP contribution is 2.38. The second kappa shape index (κ2) is 9.77. The first-order valence-electron chi connectivity index (χ1n) is 10.1. The summed E-state index contributed by atoms with van der Waals surface area (Å²) in [5.74, 6) is 0.367. The zero-order chi connectivity index (χ0) is 21.8. The van der Waals surface area contributed by atoms with Gasteiger partial charge in [-0.05, 0) is 51.8 Å². The van der Waals surface area contributed by atoms with Gasteiger partial charge < -0.3 is 19.1 Å². The molecule has 160 valence electrons. The molecule has 7 heteroatoms. The Morgan fingerprint density at radius 1 is 1.13 bits per heavy atom. The third-order valence-electron chi connectivity index (χ3n) is 5.06. The lowest BCUT2D eigenvalue weighted by molar-refractivity contribution is 0.0692. The first-order chi connectivity index (χ1) is 15.1. The van der Waals surface area contributed by atoms with Gasteiger partial charge in [0.1, 0.15) is 4.99 Å². The molecule has 31 heavy (non-hydrogen) atoms. The summed E-state index contributed by atoms with van der Waals surface area (Å²) in [6.07, 6.45) is 0. The van der Waals surface area contributed by atoms with Crippen molar-refractivity contribution in [1.29, 1.82) is 0 Å². The topological polar surface area (TPSA) is 48.0 Å². The number of morpholine rings is 1. The molecule has 0 atom stereocenters. The molecule has 0 N–H and O–H groups in total. The molecular weight excluding hydrogens is 478 g/mol. The molecule has 0 saturated carbocycles. The minimum absolute atomic E-state index is 0.341. The van der Waals surface area contributed by atoms with E-state index in [1.807, 2.05) is 55.5 Å². The average molecular weight is 500 g/mol. The van der Waals surface area contributed by atoms with E-state index >= 15 is 0 Å². The van der Waals surface area contributed by atoms with Gasteiger partial charge in [-0.3, -0.25) is 0 Å². The van der Waals surface area contributed by atoms with Crippen molar-refractivity contribution >= 4 is 49.9 Å². The summed E-state index contributed by atoms with van der Waals surface area (Å²) in [5, 5.41) is 1.82. The van der Waals surface area contributed by atoms with Crippen molar-refractivity contribution in [2.45, 2.75) is 6.92 Å². The van der Waals surface area contributed by atoms with Crippen LogP contribution in [-0.2, 0) is 4.74 Å². The molecule has 0 bridgehead atoms. The molecule has 5 nitrogen and oxygen atoms in total. The maximum absolute atomic E-state index is 13.1. The Morgan fingerprint density at radius 3 is 2.65 bits per heavy atom. The van der Waals surface area contributed by atoms with Crippen LogP contribution in [0.4, 0.5) is 0 Å². The third kappa shape index (κ3) is 4.74. The van der Waals surface area contributed by atoms with Gasteiger partial charge in [0.25, 0.3) is 0 Å². The minimum Gasteiger partial charge on any atom is -0.490 e. The van der Waals surface area contributed by atoms with E-state index in [0.717, 1.165) is 34.4 Å². The molecule has 0 aromatic heterocycles. The molecule has 3 aromatic rings. The number of fused-ring (bicyclic) bond motifs is 1. The molecule has 0 amide bonds. The maximum Gasteiger partial charge on any atom is 0.344 e. The van der Waals surface area contributed by atoms with Crippen LogP contribution in [0.2, 0.25) is 0 Å². The molecule has 0 spiro atoms. The van der Waals surface area contributed by atoms with Gasteiger partial charge in [-0.15, -0.1) is 0 Å². The van der Waals surface area contributed by atoms with Crippen molar-refractivity contribution in [3.8, 4) is 11.5 Å². The Bertz CT molecular complexity index is 1120. The Balaban J connectivity index is 1.65. The zero-order valence-corrected chi connectivity index (χ0v) is 19.5. The average Bonchev–Trinajstić information content (AvgIpc) is 2.80. The highest BCUT2D eigenvalue weighted by atomic mass is 79.9. The van der Waals surface area contributed by atoms with Gasteiger partial charge in [-0.1, -0.05) is 48.6 Å². The van der Waals surface area contributed by atoms with Crippen molar-refractivity contribution in [3.05, 3.63) is 70.2 Å². The van der Waals surface area contributed by atoms with E-state index in [9.17, 15) is 4.79 Å². The lowest BCUT2D eigenvalue weighted by atomic mass is 10.0. The summed E-state index contributed by atoms with van der Waals surface area (Å²) >= 11 is 9.24. The second-order valence-corrected chi connectivity index (χ2v) is 8.28. The lowest BCUT2D eigenvalue weighted by Crippen LogP contribution is -2.40. The van der Waals surface area contributed by atoms with Crippen LogP contribution in [0.1, 0.15) is 22.8 Å². The molecule has 0 radical (unpaired) electrons. The molecule has 1 aliphatic rings. The number of benzene rings is 3. The molecule has 1 aliphatic heterocycles. The number of hydrogen-bond acceptors (Lipinski definition) is 5. The minimum atomic E-state index is -0.443. The summed E-state index contributed by atoms with van der Waals surface area (Å²) in [6, 6.07) is 17.0. The fraction of sp³-hybridized carbons (Fsp3) is 0.250. The van der Waals surface area contributed by atoms with E-state index in [1.54, 1.807) is 6.07 Å². The van der Waals surface area contributed by atoms with Crippen molar-refractivity contribution in [1.82, 2.24) is 4.90 Å². The Labute approximate surface area is 195 Å². The molecule has 3 aromatic carbocycles. The van der Waals surface area contributed by atoms with Crippen LogP contribution in [0.3, 0.4) is 0 Å². The Hall–Kier alpha value is -2.48. The summed E-state index contributed by atoms with van der Waals surface area (Å²) in [4.78, 5) is 15.9. The van der Waals surface area contributed by atoms with Gasteiger partial charge in [0.15, 0.2) is 11.5 Å². The third-order valence-corrected chi connectivity index (χ3v) is 6.14. The molecule has 1 heterocycles. The van der Waals surface area contributed by atoms with Gasteiger partial charge in [0, 0.05) is 18.7 Å². The molecule has 1 saturated heterocycles. The van der Waals surface area contributed by atoms with Gasteiger partial charge in [-0.2, -0.15) is 0 Å². The monoisotopic (exact) mass is 499 g/mol. The van der Waals surface area contributed by atoms with E-state index in [2.05, 4.69) is 20.8 Å². The fourth-order valence-corrected chi connectivity index (χ4v) is 4.38. The van der Waals surface area contributed by atoms with E-state index in [1.165, 1.54) is 0 Å². The molecule has 4 rings (SSSR count). The number of nitrogens with zero attached hydrogens (tertiary/aromatic N) is 1. The summed E-state index contributed by atoms with van der Waals surface area (Å²) in [6.45, 7) is 5.12. The van der Waals surface area contributed by atoms with Crippen LogP contribution in [0.5, 0.6) is 11.5 Å². The predicted molar refractivity (Wildman–Crippen MR) is 128 cm³/mol. The van der Waals surface area contributed by atoms with Crippen molar-refractivity contribution in [3.63, 3.8) is 0 Å². The van der Waals surface area contributed by atoms with E-state index < -0.39 is 5.97 Å². The highest BCUT2D eigenvalue weighted by molar-refractivity contribution is 9.10. The summed E-state index contributed by atoms with van der Waals surface area (Å²) in [5.41, 5.74) is 1.33. The number of ether oxygens (including phenoxy) is 3. The van der Waals surface area contributed by atoms with Gasteiger partial charge in [-0.25, -0.2) is 4.79 Å². The zero-order valence-electron chi connectivity index (χ0n) is 17.1. The Kier molecular flexibility index (Phi) is 6.85. The number of carbonyl (C=O) groups is 1. The van der Waals surface area contributed by atoms with Crippen LogP contribution in [-0.4, -0.2) is 48.8 Å². The van der Waals surface area contributed by atoms with Crippen molar-refractivity contribution in [2.75, 3.05) is 32.9 Å². The van der Waals surface area contributed by atoms with Gasteiger partial charge >= 0.3 is 5.97 Å². The van der Waals surface area contributed by atoms with E-state index in [0.29, 0.717) is 41.4 Å². The van der Waals surface area contributed by atoms with Crippen LogP contribution in [0, 0.1) is 0 Å². The normalized spacial score (nSPS) is 13.8. The quantitative estimate of drug-likeness (QED) is 0.272. The van der Waals surface area contributed by atoms with Crippen LogP contribution in [0.25, 0.3) is 10.8 Å². The van der Waals surface area contributed by atoms with E-state index in [-0.39, 0.29) is 0 Å². The number of halogens is 1. The first kappa shape index (κ1) is 21.7. The van der Waals surface area contributed by atoms with Crippen molar-refractivity contribution < 1.29 is 19.0 Å². The Morgan fingerprint density at radius 2 is 1.87 bits per heavy atom. The van der Waals surface area contributed by atoms with Gasteiger partial charge in [0.05, 0.1) is 29.9 Å². The maximum atomic E-state index is 13.1. The number of hydrogen-bond donors (Lipinski definition) is 0. The highest BCUT2D eigenvalue weighted by Gasteiger charge is 2.22. The first-order valence-corrected chi connectivity index (χ1v) is 11.3. The standard InChI is InChI=1S/C24H22BrNO4S/c1-2-29-21-15-17(23(31)26-10-12-28-13-11-26)14-20(25)22(21)30-24(27)19-9-5-7-16-6-3-4-8-18(16)19/h3-9,14-15H,2,10-13H2,1H3. The fourth-order valence-electron chi connectivity index (χ4n) is 3.55. The largest absolute Gasteiger partial charge is 0.490 e. The van der Waals surface area contributed by atoms with Crippen molar-refractivity contribution in [2.24, 2.45) is 0 Å². The molecule has 0 aliphatic carbocycles. The number of thiocarbonyl (C=S) groups is 1. The summed E-state index contributed by atoms with van der Waals surface area (Å²) < 4.78 is 17.6. The number of carbonyl (C=O) groups excluding carboxylic acids is 1. The summed E-state index contributed by atoms with van der Waals surface area (Å²) in [7, 11) is 0. The van der Waals surface area contributed by atoms with Crippen LogP contribution < -0.4 is 9.47 Å². The number of esters is 1. The number of rotatable bonds is 5. The lowest BCUT2D eigenvalue weighted by Gasteiger charge is -2.29. The van der Waals surface area contributed by atoms with E-state index in [4.69, 9.17) is 26.4 Å². The molecular formula is C24H22BrNO4S. The molecule has 1 fully saturated rings. The van der Waals surface area contributed by atoms with Gasteiger partial charge in [0.2, 0.25) is 0 Å². The SMILES string of the molecule is CCOc1cc(C(=S)N2CCOCC2)cc(Br)c1OC(=O)c1cccc2ccccc12. The second-order valence-electron chi connectivity index (χ2n) is 7.04. The van der Waals surface area contributed by atoms with Crippen LogP contribution >= 0.6 is 28.1 Å². The predicted octanol–water partition coefficient (Wildman–Crippen LogP) is 5.23. The van der Waals surface area contributed by atoms with Crippen LogP contribution in [0.15, 0.2) is 59.1 Å². The smallest absolute Gasteiger partial charge is 0.344 e. The molecule has 0 unspecified atom stereocenters.